The molecule has 1 aromatic carbocycles. The van der Waals surface area contributed by atoms with Gasteiger partial charge in [0.2, 0.25) is 5.91 Å². The number of carbonyl (C=O) groups excluding carboxylic acids is 1. The minimum absolute atomic E-state index is 0.00510. The average molecular weight is 248 g/mol. The Labute approximate surface area is 107 Å². The Balaban J connectivity index is 2.12. The molecule has 2 unspecified atom stereocenters. The van der Waals surface area contributed by atoms with Crippen molar-refractivity contribution >= 4 is 11.6 Å². The number of carbonyl (C=O) groups is 1. The third-order valence-corrected chi connectivity index (χ3v) is 3.46. The molecule has 1 aromatic rings. The van der Waals surface area contributed by atoms with Gasteiger partial charge >= 0.3 is 0 Å². The van der Waals surface area contributed by atoms with Gasteiger partial charge in [0, 0.05) is 12.2 Å². The molecule has 3 N–H and O–H groups in total. The summed E-state index contributed by atoms with van der Waals surface area (Å²) in [6.45, 7) is 2.76. The van der Waals surface area contributed by atoms with Gasteiger partial charge in [-0.3, -0.25) is 4.79 Å². The Morgan fingerprint density at radius 3 is 3.06 bits per heavy atom. The zero-order valence-electron chi connectivity index (χ0n) is 10.6. The van der Waals surface area contributed by atoms with Gasteiger partial charge in [0.05, 0.1) is 18.6 Å². The zero-order chi connectivity index (χ0) is 13.0. The summed E-state index contributed by atoms with van der Waals surface area (Å²) < 4.78 is 0. The van der Waals surface area contributed by atoms with Crippen molar-refractivity contribution < 1.29 is 9.90 Å². The molecule has 0 radical (unpaired) electrons. The van der Waals surface area contributed by atoms with E-state index in [1.165, 1.54) is 0 Å². The summed E-state index contributed by atoms with van der Waals surface area (Å²) in [4.78, 5) is 12.2. The first kappa shape index (κ1) is 12.9. The molecule has 18 heavy (non-hydrogen) atoms. The molecule has 1 aliphatic rings. The topological polar surface area (TPSA) is 61.4 Å². The van der Waals surface area contributed by atoms with E-state index in [0.29, 0.717) is 0 Å². The molecule has 0 fully saturated rings. The molecule has 4 heteroatoms. The number of para-hydroxylation sites is 1. The number of amides is 1. The lowest BCUT2D eigenvalue weighted by molar-refractivity contribution is -0.123. The molecular formula is C14H20N2O2. The molecule has 4 nitrogen and oxygen atoms in total. The maximum Gasteiger partial charge on any atom is 0.227 e. The summed E-state index contributed by atoms with van der Waals surface area (Å²) in [5.41, 5.74) is 2.09. The van der Waals surface area contributed by atoms with E-state index in [1.807, 2.05) is 31.2 Å². The number of hydrogen-bond donors (Lipinski definition) is 3. The fourth-order valence-electron chi connectivity index (χ4n) is 2.32. The van der Waals surface area contributed by atoms with Crippen molar-refractivity contribution in [2.75, 3.05) is 18.5 Å². The van der Waals surface area contributed by atoms with Crippen molar-refractivity contribution in [2.24, 2.45) is 0 Å². The van der Waals surface area contributed by atoms with Crippen LogP contribution in [0.25, 0.3) is 0 Å². The van der Waals surface area contributed by atoms with Gasteiger partial charge in [-0.1, -0.05) is 25.1 Å². The van der Waals surface area contributed by atoms with Gasteiger partial charge in [-0.05, 0) is 24.5 Å². The summed E-state index contributed by atoms with van der Waals surface area (Å²) in [7, 11) is 0. The van der Waals surface area contributed by atoms with Crippen molar-refractivity contribution in [2.45, 2.75) is 31.7 Å². The monoisotopic (exact) mass is 248 g/mol. The van der Waals surface area contributed by atoms with Gasteiger partial charge in [0.25, 0.3) is 0 Å². The van der Waals surface area contributed by atoms with Crippen LogP contribution in [0.2, 0.25) is 0 Å². The number of aliphatic hydroxyl groups is 1. The van der Waals surface area contributed by atoms with Gasteiger partial charge in [0.1, 0.15) is 0 Å². The summed E-state index contributed by atoms with van der Waals surface area (Å²) in [6.07, 6.45) is 1.54. The largest absolute Gasteiger partial charge is 0.394 e. The Hall–Kier alpha value is -1.55. The fraction of sp³-hybridized carbons (Fsp3) is 0.500. The molecule has 0 aliphatic carbocycles. The van der Waals surface area contributed by atoms with Crippen molar-refractivity contribution in [3.05, 3.63) is 29.8 Å². The molecular weight excluding hydrogens is 228 g/mol. The Kier molecular flexibility index (Phi) is 4.20. The van der Waals surface area contributed by atoms with Crippen LogP contribution in [0.5, 0.6) is 0 Å². The van der Waals surface area contributed by atoms with E-state index < -0.39 is 0 Å². The van der Waals surface area contributed by atoms with E-state index in [1.54, 1.807) is 0 Å². The standard InChI is InChI=1S/C14H20N2O2/c1-2-10(9-17)16-14(18)12-7-8-15-13-6-4-3-5-11(12)13/h3-6,10,12,15,17H,2,7-9H2,1H3,(H,16,18). The first-order valence-electron chi connectivity index (χ1n) is 6.50. The van der Waals surface area contributed by atoms with Gasteiger partial charge in [-0.2, -0.15) is 0 Å². The average Bonchev–Trinajstić information content (AvgIpc) is 2.43. The molecule has 0 spiro atoms. The Morgan fingerprint density at radius 1 is 1.56 bits per heavy atom. The molecule has 0 saturated carbocycles. The molecule has 1 heterocycles. The number of rotatable bonds is 4. The first-order chi connectivity index (χ1) is 8.76. The summed E-state index contributed by atoms with van der Waals surface area (Å²) >= 11 is 0. The van der Waals surface area contributed by atoms with Crippen molar-refractivity contribution in [3.63, 3.8) is 0 Å². The molecule has 1 amide bonds. The number of benzene rings is 1. The van der Waals surface area contributed by atoms with Gasteiger partial charge < -0.3 is 15.7 Å². The molecule has 0 saturated heterocycles. The molecule has 98 valence electrons. The predicted molar refractivity (Wildman–Crippen MR) is 71.6 cm³/mol. The van der Waals surface area contributed by atoms with E-state index in [-0.39, 0.29) is 24.5 Å². The zero-order valence-corrected chi connectivity index (χ0v) is 10.6. The second-order valence-electron chi connectivity index (χ2n) is 4.65. The molecule has 0 aromatic heterocycles. The normalized spacial score (nSPS) is 19.6. The first-order valence-corrected chi connectivity index (χ1v) is 6.50. The van der Waals surface area contributed by atoms with Gasteiger partial charge in [-0.15, -0.1) is 0 Å². The van der Waals surface area contributed by atoms with Crippen molar-refractivity contribution in [1.82, 2.24) is 5.32 Å². The Morgan fingerprint density at radius 2 is 2.33 bits per heavy atom. The highest BCUT2D eigenvalue weighted by Gasteiger charge is 2.27. The SMILES string of the molecule is CCC(CO)NC(=O)C1CCNc2ccccc21. The van der Waals surface area contributed by atoms with Crippen molar-refractivity contribution in [1.29, 1.82) is 0 Å². The Bertz CT molecular complexity index is 416. The lowest BCUT2D eigenvalue weighted by Gasteiger charge is -2.27. The van der Waals surface area contributed by atoms with Crippen LogP contribution in [0, 0.1) is 0 Å². The van der Waals surface area contributed by atoms with E-state index in [0.717, 1.165) is 30.6 Å². The smallest absolute Gasteiger partial charge is 0.227 e. The number of aliphatic hydroxyl groups excluding tert-OH is 1. The predicted octanol–water partition coefficient (Wildman–Crippen LogP) is 1.47. The fourth-order valence-corrected chi connectivity index (χ4v) is 2.32. The van der Waals surface area contributed by atoms with Crippen LogP contribution in [-0.4, -0.2) is 30.2 Å². The highest BCUT2D eigenvalue weighted by atomic mass is 16.3. The van der Waals surface area contributed by atoms with Crippen LogP contribution >= 0.6 is 0 Å². The second kappa shape index (κ2) is 5.87. The maximum absolute atomic E-state index is 12.2. The minimum atomic E-state index is -0.139. The number of hydrogen-bond acceptors (Lipinski definition) is 3. The van der Waals surface area contributed by atoms with Gasteiger partial charge in [0.15, 0.2) is 0 Å². The third-order valence-electron chi connectivity index (χ3n) is 3.46. The highest BCUT2D eigenvalue weighted by Crippen LogP contribution is 2.31. The third kappa shape index (κ3) is 2.64. The molecule has 1 aliphatic heterocycles. The lowest BCUT2D eigenvalue weighted by Crippen LogP contribution is -2.41. The van der Waals surface area contributed by atoms with Crippen LogP contribution in [0.4, 0.5) is 5.69 Å². The highest BCUT2D eigenvalue weighted by molar-refractivity contribution is 5.86. The number of nitrogens with one attached hydrogen (secondary N) is 2. The number of fused-ring (bicyclic) bond motifs is 1. The number of anilines is 1. The summed E-state index contributed by atoms with van der Waals surface area (Å²) in [5, 5.41) is 15.4. The second-order valence-corrected chi connectivity index (χ2v) is 4.65. The summed E-state index contributed by atoms with van der Waals surface area (Å²) in [5.74, 6) is -0.0899. The van der Waals surface area contributed by atoms with E-state index in [4.69, 9.17) is 5.11 Å². The molecule has 2 rings (SSSR count). The van der Waals surface area contributed by atoms with Gasteiger partial charge in [-0.25, -0.2) is 0 Å². The van der Waals surface area contributed by atoms with E-state index in [2.05, 4.69) is 10.6 Å². The molecule has 2 atom stereocenters. The van der Waals surface area contributed by atoms with E-state index >= 15 is 0 Å². The summed E-state index contributed by atoms with van der Waals surface area (Å²) in [6, 6.07) is 7.77. The van der Waals surface area contributed by atoms with E-state index in [9.17, 15) is 4.79 Å². The van der Waals surface area contributed by atoms with Crippen LogP contribution < -0.4 is 10.6 Å². The van der Waals surface area contributed by atoms with Crippen LogP contribution in [0.3, 0.4) is 0 Å². The lowest BCUT2D eigenvalue weighted by atomic mass is 9.90. The maximum atomic E-state index is 12.2. The van der Waals surface area contributed by atoms with Crippen LogP contribution in [-0.2, 0) is 4.79 Å². The molecule has 0 bridgehead atoms. The van der Waals surface area contributed by atoms with Crippen LogP contribution in [0.1, 0.15) is 31.2 Å². The van der Waals surface area contributed by atoms with Crippen LogP contribution in [0.15, 0.2) is 24.3 Å². The van der Waals surface area contributed by atoms with Crippen molar-refractivity contribution in [3.8, 4) is 0 Å². The minimum Gasteiger partial charge on any atom is -0.394 e. The quantitative estimate of drug-likeness (QED) is 0.756.